The van der Waals surface area contributed by atoms with Crippen LogP contribution in [0.1, 0.15) is 0 Å². The minimum Gasteiger partial charge on any atom is -0.389 e. The molecule has 1 heterocycles. The molecular formula is C5H11NO4. The van der Waals surface area contributed by atoms with Gasteiger partial charge in [-0.05, 0) is 0 Å². The molecule has 5 heteroatoms. The lowest BCUT2D eigenvalue weighted by atomic mass is 10.0. The molecule has 1 aliphatic heterocycles. The van der Waals surface area contributed by atoms with Gasteiger partial charge in [-0.3, -0.25) is 0 Å². The van der Waals surface area contributed by atoms with Crippen LogP contribution in [0.3, 0.4) is 0 Å². The number of aliphatic hydroxyl groups excluding tert-OH is 3. The van der Waals surface area contributed by atoms with Gasteiger partial charge >= 0.3 is 0 Å². The monoisotopic (exact) mass is 149 g/mol. The van der Waals surface area contributed by atoms with Crippen molar-refractivity contribution in [3.63, 3.8) is 0 Å². The predicted molar refractivity (Wildman–Crippen MR) is 31.9 cm³/mol. The molecule has 0 aliphatic carbocycles. The van der Waals surface area contributed by atoms with Gasteiger partial charge in [0.1, 0.15) is 6.10 Å². The minimum atomic E-state index is -1.27. The first-order chi connectivity index (χ1) is 4.63. The first-order valence-electron chi connectivity index (χ1n) is 3.04. The Morgan fingerprint density at radius 2 is 1.90 bits per heavy atom. The van der Waals surface area contributed by atoms with Crippen LogP contribution >= 0.6 is 0 Å². The van der Waals surface area contributed by atoms with E-state index in [1.807, 2.05) is 0 Å². The summed E-state index contributed by atoms with van der Waals surface area (Å²) in [6, 6.07) is -0.816. The molecule has 5 N–H and O–H groups in total. The van der Waals surface area contributed by atoms with Crippen molar-refractivity contribution in [2.75, 3.05) is 6.61 Å². The van der Waals surface area contributed by atoms with Crippen molar-refractivity contribution in [3.8, 4) is 0 Å². The molecule has 0 aromatic carbocycles. The van der Waals surface area contributed by atoms with E-state index >= 15 is 0 Å². The van der Waals surface area contributed by atoms with E-state index in [0.717, 1.165) is 0 Å². The van der Waals surface area contributed by atoms with Crippen LogP contribution in [0, 0.1) is 0 Å². The van der Waals surface area contributed by atoms with Crippen molar-refractivity contribution < 1.29 is 20.1 Å². The molecular weight excluding hydrogens is 138 g/mol. The second kappa shape index (κ2) is 2.81. The van der Waals surface area contributed by atoms with Gasteiger partial charge in [-0.15, -0.1) is 0 Å². The summed E-state index contributed by atoms with van der Waals surface area (Å²) < 4.78 is 4.55. The molecule has 1 aliphatic rings. The van der Waals surface area contributed by atoms with E-state index < -0.39 is 24.5 Å². The third kappa shape index (κ3) is 1.28. The van der Waals surface area contributed by atoms with Gasteiger partial charge in [0.05, 0.1) is 18.8 Å². The average Bonchev–Trinajstić information content (AvgIpc) is 1.93. The number of hydrogen-bond acceptors (Lipinski definition) is 5. The average molecular weight is 149 g/mol. The summed E-state index contributed by atoms with van der Waals surface area (Å²) in [4.78, 5) is 0. The second-order valence-electron chi connectivity index (χ2n) is 2.36. The van der Waals surface area contributed by atoms with Crippen molar-refractivity contribution in [2.24, 2.45) is 5.73 Å². The number of ether oxygens (including phenoxy) is 1. The Morgan fingerprint density at radius 3 is 2.40 bits per heavy atom. The molecule has 1 rings (SSSR count). The van der Waals surface area contributed by atoms with E-state index in [9.17, 15) is 0 Å². The fraction of sp³-hybridized carbons (Fsp3) is 1.00. The van der Waals surface area contributed by atoms with Gasteiger partial charge in [0, 0.05) is 0 Å². The van der Waals surface area contributed by atoms with E-state index in [1.54, 1.807) is 0 Å². The highest BCUT2D eigenvalue weighted by atomic mass is 16.6. The van der Waals surface area contributed by atoms with Crippen molar-refractivity contribution in [1.82, 2.24) is 0 Å². The second-order valence-corrected chi connectivity index (χ2v) is 2.36. The van der Waals surface area contributed by atoms with E-state index in [1.165, 1.54) is 0 Å². The number of nitrogens with two attached hydrogens (primary N) is 1. The Labute approximate surface area is 58.0 Å². The molecule has 10 heavy (non-hydrogen) atoms. The van der Waals surface area contributed by atoms with Gasteiger partial charge in [0.2, 0.25) is 0 Å². The molecule has 60 valence electrons. The third-order valence-electron chi connectivity index (χ3n) is 1.57. The molecule has 5 nitrogen and oxygen atoms in total. The molecule has 1 fully saturated rings. The van der Waals surface area contributed by atoms with Gasteiger partial charge in [-0.1, -0.05) is 0 Å². The lowest BCUT2D eigenvalue weighted by Crippen LogP contribution is -2.57. The fourth-order valence-corrected chi connectivity index (χ4v) is 0.825. The molecule has 0 amide bonds. The first kappa shape index (κ1) is 7.90. The number of aliphatic hydroxyl groups is 3. The summed E-state index contributed by atoms with van der Waals surface area (Å²) in [7, 11) is 0. The van der Waals surface area contributed by atoms with E-state index in [4.69, 9.17) is 21.1 Å². The summed E-state index contributed by atoms with van der Waals surface area (Å²) in [6.07, 6.45) is -3.35. The zero-order chi connectivity index (χ0) is 7.72. The third-order valence-corrected chi connectivity index (χ3v) is 1.57. The van der Waals surface area contributed by atoms with Gasteiger partial charge in [-0.25, -0.2) is 0 Å². The number of hydrogen-bond donors (Lipinski definition) is 4. The Kier molecular flexibility index (Phi) is 2.22. The highest BCUT2D eigenvalue weighted by Crippen LogP contribution is 2.10. The largest absolute Gasteiger partial charge is 0.389 e. The lowest BCUT2D eigenvalue weighted by Gasteiger charge is -2.32. The first-order valence-corrected chi connectivity index (χ1v) is 3.04. The summed E-state index contributed by atoms with van der Waals surface area (Å²) in [5.41, 5.74) is 5.27. The molecule has 0 spiro atoms. The normalized spacial score (nSPS) is 49.2. The SMILES string of the molecule is N[C@@H]1[C@@H](O)[C@@H](O)OC[C@H]1O. The molecule has 4 atom stereocenters. The Hall–Kier alpha value is -0.200. The Morgan fingerprint density at radius 1 is 1.30 bits per heavy atom. The summed E-state index contributed by atoms with van der Waals surface area (Å²) in [6.45, 7) is -0.0284. The highest BCUT2D eigenvalue weighted by molar-refractivity contribution is 4.84. The van der Waals surface area contributed by atoms with Gasteiger partial charge in [-0.2, -0.15) is 0 Å². The Balaban J connectivity index is 2.52. The van der Waals surface area contributed by atoms with E-state index in [2.05, 4.69) is 4.74 Å². The summed E-state index contributed by atoms with van der Waals surface area (Å²) in [5, 5.41) is 26.7. The van der Waals surface area contributed by atoms with Crippen LogP contribution in [-0.2, 0) is 4.74 Å². The fourth-order valence-electron chi connectivity index (χ4n) is 0.825. The topological polar surface area (TPSA) is 95.9 Å². The van der Waals surface area contributed by atoms with Crippen LogP contribution in [-0.4, -0.2) is 46.5 Å². The summed E-state index contributed by atoms with van der Waals surface area (Å²) in [5.74, 6) is 0. The zero-order valence-corrected chi connectivity index (χ0v) is 5.34. The zero-order valence-electron chi connectivity index (χ0n) is 5.34. The highest BCUT2D eigenvalue weighted by Gasteiger charge is 2.34. The van der Waals surface area contributed by atoms with Crippen LogP contribution < -0.4 is 5.73 Å². The van der Waals surface area contributed by atoms with Crippen molar-refractivity contribution in [1.29, 1.82) is 0 Å². The molecule has 0 unspecified atom stereocenters. The standard InChI is InChI=1S/C5H11NO4/c6-3-2(7)1-10-5(9)4(3)8/h2-5,7-9H,1,6H2/t2-,3+,4-,5+/m1/s1. The quantitative estimate of drug-likeness (QED) is 0.302. The molecule has 0 bridgehead atoms. The van der Waals surface area contributed by atoms with Crippen LogP contribution in [0.15, 0.2) is 0 Å². The van der Waals surface area contributed by atoms with Crippen LogP contribution in [0.5, 0.6) is 0 Å². The Bertz CT molecular complexity index is 106. The predicted octanol–water partition coefficient (Wildman–Crippen LogP) is -2.62. The van der Waals surface area contributed by atoms with Crippen molar-refractivity contribution in [2.45, 2.75) is 24.5 Å². The molecule has 1 saturated heterocycles. The van der Waals surface area contributed by atoms with Crippen LogP contribution in [0.25, 0.3) is 0 Å². The van der Waals surface area contributed by atoms with Crippen LogP contribution in [0.4, 0.5) is 0 Å². The van der Waals surface area contributed by atoms with Crippen molar-refractivity contribution >= 4 is 0 Å². The van der Waals surface area contributed by atoms with Crippen LogP contribution in [0.2, 0.25) is 0 Å². The molecule has 0 saturated carbocycles. The number of rotatable bonds is 0. The van der Waals surface area contributed by atoms with Gasteiger partial charge < -0.3 is 25.8 Å². The van der Waals surface area contributed by atoms with Gasteiger partial charge in [0.15, 0.2) is 6.29 Å². The maximum Gasteiger partial charge on any atom is 0.182 e. The molecule has 0 radical (unpaired) electrons. The van der Waals surface area contributed by atoms with E-state index in [-0.39, 0.29) is 6.61 Å². The smallest absolute Gasteiger partial charge is 0.182 e. The maximum atomic E-state index is 8.96. The minimum absolute atomic E-state index is 0.0284. The van der Waals surface area contributed by atoms with Crippen molar-refractivity contribution in [3.05, 3.63) is 0 Å². The molecule has 0 aromatic rings. The van der Waals surface area contributed by atoms with Gasteiger partial charge in [0.25, 0.3) is 0 Å². The maximum absolute atomic E-state index is 8.96. The lowest BCUT2D eigenvalue weighted by molar-refractivity contribution is -0.219. The molecule has 0 aromatic heterocycles. The summed E-state index contributed by atoms with van der Waals surface area (Å²) >= 11 is 0. The van der Waals surface area contributed by atoms with E-state index in [0.29, 0.717) is 0 Å².